The maximum absolute atomic E-state index is 14.3. The summed E-state index contributed by atoms with van der Waals surface area (Å²) in [6, 6.07) is 16.7. The molecule has 15 nitrogen and oxygen atoms in total. The van der Waals surface area contributed by atoms with Gasteiger partial charge < -0.3 is 29.9 Å². The molecule has 0 radical (unpaired) electrons. The first kappa shape index (κ1) is 47.4. The molecular weight excluding hydrogens is 920 g/mol. The first-order chi connectivity index (χ1) is 32.7. The molecule has 2 saturated heterocycles. The number of aromatic nitrogens is 5. The average molecular weight is 978 g/mol. The molecule has 4 aromatic heterocycles. The number of amides is 2. The van der Waals surface area contributed by atoms with Crippen molar-refractivity contribution < 1.29 is 24.0 Å². The van der Waals surface area contributed by atoms with E-state index in [1.54, 1.807) is 33.6 Å². The molecule has 68 heavy (non-hydrogen) atoms. The van der Waals surface area contributed by atoms with Crippen LogP contribution in [0.25, 0.3) is 15.4 Å². The lowest BCUT2D eigenvalue weighted by Gasteiger charge is -2.30. The molecule has 2 aromatic carbocycles. The van der Waals surface area contributed by atoms with Crippen LogP contribution < -0.4 is 15.4 Å². The molecule has 9 rings (SSSR count). The van der Waals surface area contributed by atoms with Gasteiger partial charge in [0.25, 0.3) is 5.88 Å². The van der Waals surface area contributed by atoms with E-state index in [9.17, 15) is 14.7 Å². The second-order valence-electron chi connectivity index (χ2n) is 18.3. The molecule has 0 unspecified atom stereocenters. The zero-order valence-corrected chi connectivity index (χ0v) is 41.5. The Balaban J connectivity index is 0.776. The molecule has 0 bridgehead atoms. The van der Waals surface area contributed by atoms with E-state index in [1.165, 1.54) is 4.88 Å². The summed E-state index contributed by atoms with van der Waals surface area (Å²) in [5.74, 6) is 1.07. The summed E-state index contributed by atoms with van der Waals surface area (Å²) in [4.78, 5) is 44.0. The fourth-order valence-electron chi connectivity index (χ4n) is 9.50. The number of thiazole rings is 1. The summed E-state index contributed by atoms with van der Waals surface area (Å²) in [5.41, 5.74) is 9.63. The minimum Gasteiger partial charge on any atom is -0.474 e. The second kappa shape index (κ2) is 20.1. The van der Waals surface area contributed by atoms with Crippen LogP contribution >= 0.6 is 34.3 Å². The Morgan fingerprint density at radius 1 is 1.04 bits per heavy atom. The number of benzene rings is 2. The number of aryl methyl sites for hydroxylation is 3. The van der Waals surface area contributed by atoms with Crippen LogP contribution in [0.5, 0.6) is 5.88 Å². The third kappa shape index (κ3) is 9.90. The Labute approximate surface area is 409 Å². The number of hydrogen-bond acceptors (Lipinski definition) is 14. The summed E-state index contributed by atoms with van der Waals surface area (Å²) in [6.07, 6.45) is 0.621. The Morgan fingerprint density at radius 2 is 1.81 bits per heavy atom. The van der Waals surface area contributed by atoms with Crippen molar-refractivity contribution in [1.29, 1.82) is 0 Å². The third-order valence-corrected chi connectivity index (χ3v) is 15.6. The number of aliphatic hydroxyl groups excluding tert-OH is 1. The Hall–Kier alpha value is -5.72. The minimum absolute atomic E-state index is 0.0415. The predicted molar refractivity (Wildman–Crippen MR) is 265 cm³/mol. The number of halogens is 1. The largest absolute Gasteiger partial charge is 0.474 e. The SMILES string of the molecule is C=C(NCc1ccc(-c2scnc2C)cc1)[C@@H]1C[C@@H](O)CN1C(=O)[C@H](c1cc(OCCN2CC[C@@H](NC(=O)C[C@@H]3N=C(c4ccc(Cl)cc4)c4c(sc(C)c4C)-n4c(C)nnc43)C2)no1)C(C)C. The van der Waals surface area contributed by atoms with Crippen molar-refractivity contribution in [3.8, 4) is 21.3 Å². The number of carbonyl (C=O) groups is 2. The number of rotatable bonds is 16. The highest BCUT2D eigenvalue weighted by Crippen LogP contribution is 2.40. The Bertz CT molecular complexity index is 2830. The number of β-amino-alcohol motifs (C(OH)–C–C–N with tert-alkyl or cyclic N) is 1. The molecule has 3 aliphatic rings. The zero-order valence-electron chi connectivity index (χ0n) is 39.2. The van der Waals surface area contributed by atoms with Crippen molar-refractivity contribution in [2.24, 2.45) is 10.9 Å². The quantitative estimate of drug-likeness (QED) is 0.0860. The molecule has 3 aliphatic heterocycles. The molecule has 5 atom stereocenters. The topological polar surface area (TPSA) is 176 Å². The zero-order chi connectivity index (χ0) is 47.8. The highest BCUT2D eigenvalue weighted by molar-refractivity contribution is 7.15. The van der Waals surface area contributed by atoms with Gasteiger partial charge in [0, 0.05) is 78.0 Å². The first-order valence-electron chi connectivity index (χ1n) is 23.1. The summed E-state index contributed by atoms with van der Waals surface area (Å²) in [7, 11) is 0. The Kier molecular flexibility index (Phi) is 14.0. The van der Waals surface area contributed by atoms with Gasteiger partial charge in [0.2, 0.25) is 11.8 Å². The van der Waals surface area contributed by atoms with E-state index in [1.807, 2.05) is 57.5 Å². The van der Waals surface area contributed by atoms with Crippen LogP contribution in [0.3, 0.4) is 0 Å². The molecule has 0 spiro atoms. The summed E-state index contributed by atoms with van der Waals surface area (Å²) < 4.78 is 13.9. The number of nitrogens with one attached hydrogen (secondary N) is 2. The van der Waals surface area contributed by atoms with Crippen molar-refractivity contribution in [1.82, 2.24) is 45.3 Å². The van der Waals surface area contributed by atoms with E-state index in [4.69, 9.17) is 25.9 Å². The van der Waals surface area contributed by atoms with E-state index in [-0.39, 0.29) is 36.7 Å². The van der Waals surface area contributed by atoms with Gasteiger partial charge >= 0.3 is 0 Å². The maximum atomic E-state index is 14.3. The molecule has 2 fully saturated rings. The van der Waals surface area contributed by atoms with E-state index in [0.717, 1.165) is 67.9 Å². The lowest BCUT2D eigenvalue weighted by Crippen LogP contribution is -2.43. The number of aliphatic hydroxyl groups is 1. The van der Waals surface area contributed by atoms with Crippen LogP contribution in [0.2, 0.25) is 5.02 Å². The fraction of sp³-hybridized carbons (Fsp3) is 0.420. The highest BCUT2D eigenvalue weighted by atomic mass is 35.5. The highest BCUT2D eigenvalue weighted by Gasteiger charge is 2.42. The molecule has 0 aliphatic carbocycles. The smallest absolute Gasteiger partial charge is 0.254 e. The predicted octanol–water partition coefficient (Wildman–Crippen LogP) is 7.88. The molecule has 356 valence electrons. The number of thiophene rings is 1. The van der Waals surface area contributed by atoms with Crippen LogP contribution in [0.15, 0.2) is 81.9 Å². The fourth-order valence-corrected chi connectivity index (χ4v) is 11.7. The summed E-state index contributed by atoms with van der Waals surface area (Å²) in [6.45, 7) is 19.5. The van der Waals surface area contributed by atoms with Crippen LogP contribution in [-0.2, 0) is 16.1 Å². The monoisotopic (exact) mass is 976 g/mol. The van der Waals surface area contributed by atoms with Gasteiger partial charge in [-0.25, -0.2) is 4.98 Å². The van der Waals surface area contributed by atoms with Crippen LogP contribution in [0, 0.1) is 33.6 Å². The molecular formula is C50H57ClN10O5S2. The number of likely N-dealkylation sites (tertiary alicyclic amines) is 2. The van der Waals surface area contributed by atoms with Crippen LogP contribution in [0.4, 0.5) is 0 Å². The number of carbonyl (C=O) groups excluding carboxylic acids is 2. The van der Waals surface area contributed by atoms with Gasteiger partial charge in [-0.3, -0.25) is 24.0 Å². The van der Waals surface area contributed by atoms with E-state index in [2.05, 4.69) is 85.1 Å². The van der Waals surface area contributed by atoms with Gasteiger partial charge in [0.15, 0.2) is 11.6 Å². The lowest BCUT2D eigenvalue weighted by atomic mass is 9.91. The van der Waals surface area contributed by atoms with E-state index in [0.29, 0.717) is 60.8 Å². The van der Waals surface area contributed by atoms with Gasteiger partial charge in [-0.15, -0.1) is 32.9 Å². The molecule has 3 N–H and O–H groups in total. The Morgan fingerprint density at radius 3 is 2.54 bits per heavy atom. The number of ether oxygens (including phenoxy) is 1. The number of aliphatic imine (C=N–C) groups is 1. The van der Waals surface area contributed by atoms with Crippen molar-refractivity contribution in [2.45, 2.75) is 97.5 Å². The number of hydrogen-bond donors (Lipinski definition) is 3. The van der Waals surface area contributed by atoms with E-state index < -0.39 is 24.1 Å². The van der Waals surface area contributed by atoms with Crippen molar-refractivity contribution in [3.63, 3.8) is 0 Å². The van der Waals surface area contributed by atoms with Gasteiger partial charge in [-0.05, 0) is 74.0 Å². The van der Waals surface area contributed by atoms with Crippen molar-refractivity contribution >= 4 is 51.8 Å². The molecule has 6 aromatic rings. The molecule has 7 heterocycles. The summed E-state index contributed by atoms with van der Waals surface area (Å²) in [5, 5.41) is 32.3. The minimum atomic E-state index is -0.676. The maximum Gasteiger partial charge on any atom is 0.254 e. The molecule has 0 saturated carbocycles. The average Bonchev–Trinajstić information content (AvgIpc) is 4.19. The standard InChI is InChI=1S/C50H57ClN10O5S2/c1-27(2)44(49(64)60-25-38(62)20-40(60)29(4)52-23-33-8-10-35(11-9-33)47-30(5)53-26-67-47)41-22-43(58-66-41)65-19-18-59-17-16-37(24-59)54-42(63)21-39-48-57-56-32(7)61(48)50-45(28(3)31(6)68-50)46(55-39)34-12-14-36(51)15-13-34/h8-15,22,26-27,37-40,44,52,62H,4,16-21,23-25H2,1-3,5-7H3,(H,54,63)/t37-,38-,39+,40+,44+/m1/s1. The lowest BCUT2D eigenvalue weighted by molar-refractivity contribution is -0.135. The normalized spacial score (nSPS) is 19.7. The van der Waals surface area contributed by atoms with Gasteiger partial charge in [0.1, 0.15) is 29.4 Å². The number of fused-ring (bicyclic) bond motifs is 3. The molecule has 18 heteroatoms. The van der Waals surface area contributed by atoms with Gasteiger partial charge in [-0.2, -0.15) is 0 Å². The first-order valence-corrected chi connectivity index (χ1v) is 25.2. The third-order valence-electron chi connectivity index (χ3n) is 13.2. The van der Waals surface area contributed by atoms with E-state index >= 15 is 0 Å². The molecule has 2 amide bonds. The second-order valence-corrected chi connectivity index (χ2v) is 20.8. The summed E-state index contributed by atoms with van der Waals surface area (Å²) >= 11 is 9.58. The van der Waals surface area contributed by atoms with Gasteiger partial charge in [-0.1, -0.05) is 68.4 Å². The van der Waals surface area contributed by atoms with Gasteiger partial charge in [0.05, 0.1) is 40.4 Å². The number of nitrogens with zero attached hydrogens (tertiary/aromatic N) is 8. The van der Waals surface area contributed by atoms with Crippen LogP contribution in [-0.4, -0.2) is 108 Å². The van der Waals surface area contributed by atoms with Crippen molar-refractivity contribution in [2.75, 3.05) is 32.8 Å². The van der Waals surface area contributed by atoms with Crippen molar-refractivity contribution in [3.05, 3.63) is 128 Å². The van der Waals surface area contributed by atoms with Crippen LogP contribution in [0.1, 0.15) is 95.3 Å².